The van der Waals surface area contributed by atoms with E-state index in [1.807, 2.05) is 6.92 Å². The highest BCUT2D eigenvalue weighted by Gasteiger charge is 2.02. The summed E-state index contributed by atoms with van der Waals surface area (Å²) in [7, 11) is 2.11. The first-order chi connectivity index (χ1) is 6.16. The molecule has 0 saturated carbocycles. The van der Waals surface area contributed by atoms with Crippen LogP contribution < -0.4 is 0 Å². The van der Waals surface area contributed by atoms with Gasteiger partial charge in [-0.1, -0.05) is 6.92 Å². The van der Waals surface area contributed by atoms with Crippen LogP contribution in [0.1, 0.15) is 19.8 Å². The Labute approximate surface area is 79.5 Å². The molecule has 1 aliphatic heterocycles. The van der Waals surface area contributed by atoms with Gasteiger partial charge in [0.15, 0.2) is 0 Å². The zero-order chi connectivity index (χ0) is 10.1. The zero-order valence-corrected chi connectivity index (χ0v) is 8.45. The summed E-state index contributed by atoms with van der Waals surface area (Å²) < 4.78 is 5.10. The van der Waals surface area contributed by atoms with Gasteiger partial charge in [-0.15, -0.1) is 0 Å². The number of carbonyl (C=O) groups is 1. The SMILES string of the molecule is CCCC(=O)O.CN1CCOCC1. The van der Waals surface area contributed by atoms with Gasteiger partial charge < -0.3 is 14.7 Å². The molecule has 13 heavy (non-hydrogen) atoms. The predicted molar refractivity (Wildman–Crippen MR) is 50.9 cm³/mol. The fraction of sp³-hybridized carbons (Fsp3) is 0.889. The quantitative estimate of drug-likeness (QED) is 0.698. The van der Waals surface area contributed by atoms with E-state index in [9.17, 15) is 4.79 Å². The third kappa shape index (κ3) is 9.30. The lowest BCUT2D eigenvalue weighted by molar-refractivity contribution is -0.137. The van der Waals surface area contributed by atoms with Gasteiger partial charge in [-0.25, -0.2) is 0 Å². The van der Waals surface area contributed by atoms with Crippen molar-refractivity contribution in [2.45, 2.75) is 19.8 Å². The molecule has 1 rings (SSSR count). The van der Waals surface area contributed by atoms with E-state index in [1.165, 1.54) is 0 Å². The van der Waals surface area contributed by atoms with Crippen LogP contribution in [0.2, 0.25) is 0 Å². The van der Waals surface area contributed by atoms with Crippen LogP contribution in [0.3, 0.4) is 0 Å². The van der Waals surface area contributed by atoms with E-state index in [4.69, 9.17) is 9.84 Å². The fourth-order valence-electron chi connectivity index (χ4n) is 0.869. The maximum absolute atomic E-state index is 9.60. The van der Waals surface area contributed by atoms with Crippen molar-refractivity contribution >= 4 is 5.97 Å². The van der Waals surface area contributed by atoms with E-state index in [2.05, 4.69) is 11.9 Å². The number of ether oxygens (including phenoxy) is 1. The van der Waals surface area contributed by atoms with E-state index in [-0.39, 0.29) is 0 Å². The average Bonchev–Trinajstić information content (AvgIpc) is 2.06. The molecule has 0 aromatic rings. The summed E-state index contributed by atoms with van der Waals surface area (Å²) in [5.41, 5.74) is 0. The van der Waals surface area contributed by atoms with Crippen LogP contribution in [0.15, 0.2) is 0 Å². The van der Waals surface area contributed by atoms with Crippen molar-refractivity contribution in [3.05, 3.63) is 0 Å². The van der Waals surface area contributed by atoms with E-state index < -0.39 is 5.97 Å². The Kier molecular flexibility index (Phi) is 7.63. The fourth-order valence-corrected chi connectivity index (χ4v) is 0.869. The van der Waals surface area contributed by atoms with Crippen LogP contribution in [-0.2, 0) is 9.53 Å². The molecule has 1 saturated heterocycles. The molecule has 78 valence electrons. The highest BCUT2D eigenvalue weighted by molar-refractivity contribution is 5.66. The van der Waals surface area contributed by atoms with Crippen LogP contribution in [0, 0.1) is 0 Å². The Balaban J connectivity index is 0.000000226. The number of hydrogen-bond donors (Lipinski definition) is 1. The first kappa shape index (κ1) is 12.4. The third-order valence-corrected chi connectivity index (χ3v) is 1.70. The summed E-state index contributed by atoms with van der Waals surface area (Å²) in [4.78, 5) is 11.9. The van der Waals surface area contributed by atoms with Crippen molar-refractivity contribution < 1.29 is 14.6 Å². The molecule has 0 bridgehead atoms. The van der Waals surface area contributed by atoms with Crippen molar-refractivity contribution in [1.29, 1.82) is 0 Å². The van der Waals surface area contributed by atoms with Crippen LogP contribution in [-0.4, -0.2) is 49.3 Å². The highest BCUT2D eigenvalue weighted by atomic mass is 16.5. The molecule has 0 unspecified atom stereocenters. The normalized spacial score (nSPS) is 17.4. The molecule has 1 aliphatic rings. The maximum Gasteiger partial charge on any atom is 0.303 e. The Bertz CT molecular complexity index is 133. The second kappa shape index (κ2) is 8.01. The van der Waals surface area contributed by atoms with Crippen molar-refractivity contribution in [1.82, 2.24) is 4.90 Å². The van der Waals surface area contributed by atoms with Gasteiger partial charge in [0.2, 0.25) is 0 Å². The number of hydrogen-bond acceptors (Lipinski definition) is 3. The minimum atomic E-state index is -0.711. The molecule has 4 nitrogen and oxygen atoms in total. The van der Waals surface area contributed by atoms with Crippen LogP contribution >= 0.6 is 0 Å². The largest absolute Gasteiger partial charge is 0.481 e. The average molecular weight is 189 g/mol. The van der Waals surface area contributed by atoms with Crippen molar-refractivity contribution in [2.75, 3.05) is 33.4 Å². The second-order valence-electron chi connectivity index (χ2n) is 3.06. The van der Waals surface area contributed by atoms with E-state index >= 15 is 0 Å². The molecule has 0 aliphatic carbocycles. The van der Waals surface area contributed by atoms with E-state index in [1.54, 1.807) is 0 Å². The molecule has 0 spiro atoms. The summed E-state index contributed by atoms with van der Waals surface area (Å²) in [5.74, 6) is -0.711. The Hall–Kier alpha value is -0.610. The highest BCUT2D eigenvalue weighted by Crippen LogP contribution is 1.89. The molecule has 0 aromatic heterocycles. The lowest BCUT2D eigenvalue weighted by Gasteiger charge is -2.21. The topological polar surface area (TPSA) is 49.8 Å². The Morgan fingerprint density at radius 2 is 2.00 bits per heavy atom. The molecule has 0 amide bonds. The van der Waals surface area contributed by atoms with Crippen molar-refractivity contribution in [3.63, 3.8) is 0 Å². The van der Waals surface area contributed by atoms with Gasteiger partial charge in [-0.2, -0.15) is 0 Å². The lowest BCUT2D eigenvalue weighted by atomic mass is 10.4. The van der Waals surface area contributed by atoms with Gasteiger partial charge in [-0.3, -0.25) is 4.79 Å². The van der Waals surface area contributed by atoms with Gasteiger partial charge >= 0.3 is 5.97 Å². The summed E-state index contributed by atoms with van der Waals surface area (Å²) >= 11 is 0. The van der Waals surface area contributed by atoms with Crippen LogP contribution in [0.4, 0.5) is 0 Å². The number of carboxylic acid groups (broad SMARTS) is 1. The molecule has 0 atom stereocenters. The standard InChI is InChI=1S/C5H11NO.C4H8O2/c1-6-2-4-7-5-3-6;1-2-3-4(5)6/h2-5H2,1H3;2-3H2,1H3,(H,5,6). The minimum absolute atomic E-state index is 0.292. The maximum atomic E-state index is 9.60. The molecule has 1 heterocycles. The molecule has 0 radical (unpaired) electrons. The van der Waals surface area contributed by atoms with Gasteiger partial charge in [-0.05, 0) is 13.5 Å². The first-order valence-electron chi connectivity index (χ1n) is 4.65. The number of carboxylic acids is 1. The van der Waals surface area contributed by atoms with E-state index in [0.29, 0.717) is 6.42 Å². The Morgan fingerprint density at radius 3 is 2.15 bits per heavy atom. The van der Waals surface area contributed by atoms with E-state index in [0.717, 1.165) is 32.7 Å². The molecule has 1 N–H and O–H groups in total. The molecule has 1 fully saturated rings. The summed E-state index contributed by atoms with van der Waals surface area (Å²) in [5, 5.41) is 7.91. The van der Waals surface area contributed by atoms with Crippen molar-refractivity contribution in [3.8, 4) is 0 Å². The number of morpholine rings is 1. The van der Waals surface area contributed by atoms with Gasteiger partial charge in [0.25, 0.3) is 0 Å². The summed E-state index contributed by atoms with van der Waals surface area (Å²) in [6.45, 7) is 5.86. The number of nitrogens with zero attached hydrogens (tertiary/aromatic N) is 1. The number of likely N-dealkylation sites (N-methyl/N-ethyl adjacent to an activating group) is 1. The Morgan fingerprint density at radius 1 is 1.46 bits per heavy atom. The number of rotatable bonds is 2. The smallest absolute Gasteiger partial charge is 0.303 e. The van der Waals surface area contributed by atoms with Gasteiger partial charge in [0.05, 0.1) is 13.2 Å². The molecule has 4 heteroatoms. The molecular formula is C9H19NO3. The zero-order valence-electron chi connectivity index (χ0n) is 8.45. The molecular weight excluding hydrogens is 170 g/mol. The summed E-state index contributed by atoms with van der Waals surface area (Å²) in [6.07, 6.45) is 1.02. The van der Waals surface area contributed by atoms with Crippen LogP contribution in [0.25, 0.3) is 0 Å². The van der Waals surface area contributed by atoms with Gasteiger partial charge in [0.1, 0.15) is 0 Å². The van der Waals surface area contributed by atoms with Crippen LogP contribution in [0.5, 0.6) is 0 Å². The monoisotopic (exact) mass is 189 g/mol. The summed E-state index contributed by atoms with van der Waals surface area (Å²) in [6, 6.07) is 0. The van der Waals surface area contributed by atoms with Crippen molar-refractivity contribution in [2.24, 2.45) is 0 Å². The predicted octanol–water partition coefficient (Wildman–Crippen LogP) is 0.820. The number of aliphatic carboxylic acids is 1. The second-order valence-corrected chi connectivity index (χ2v) is 3.06. The minimum Gasteiger partial charge on any atom is -0.481 e. The molecule has 0 aromatic carbocycles. The van der Waals surface area contributed by atoms with Gasteiger partial charge in [0, 0.05) is 19.5 Å². The third-order valence-electron chi connectivity index (χ3n) is 1.70. The first-order valence-corrected chi connectivity index (χ1v) is 4.65. The lowest BCUT2D eigenvalue weighted by Crippen LogP contribution is -2.32.